The number of aromatic amines is 1. The van der Waals surface area contributed by atoms with Crippen LogP contribution in [0.3, 0.4) is 0 Å². The van der Waals surface area contributed by atoms with Crippen LogP contribution >= 0.6 is 11.6 Å². The molecule has 1 rings (SSSR count). The van der Waals surface area contributed by atoms with Crippen LogP contribution in [0.15, 0.2) is 4.90 Å². The largest absolute Gasteiger partial charge is 0.281 e. The number of H-pyrrole nitrogens is 1. The van der Waals surface area contributed by atoms with E-state index in [1.807, 2.05) is 13.8 Å². The molecule has 0 aliphatic carbocycles. The van der Waals surface area contributed by atoms with Gasteiger partial charge >= 0.3 is 0 Å². The Morgan fingerprint density at radius 1 is 1.39 bits per heavy atom. The van der Waals surface area contributed by atoms with Gasteiger partial charge in [-0.1, -0.05) is 13.8 Å². The SMILES string of the molecule is Cc1n[nH]c(C)c1S(=O)(=O)NCC(C)(C)CCCl. The minimum Gasteiger partial charge on any atom is -0.281 e. The topological polar surface area (TPSA) is 74.8 Å². The number of aryl methyl sites for hydroxylation is 2. The number of rotatable bonds is 6. The molecule has 0 aliphatic heterocycles. The van der Waals surface area contributed by atoms with E-state index in [1.54, 1.807) is 13.8 Å². The maximum absolute atomic E-state index is 12.2. The van der Waals surface area contributed by atoms with Crippen LogP contribution in [0.1, 0.15) is 31.7 Å². The Kier molecular flexibility index (Phi) is 4.80. The summed E-state index contributed by atoms with van der Waals surface area (Å²) in [6.45, 7) is 7.67. The van der Waals surface area contributed by atoms with Crippen molar-refractivity contribution < 1.29 is 8.42 Å². The van der Waals surface area contributed by atoms with Gasteiger partial charge in [0.05, 0.1) is 11.4 Å². The van der Waals surface area contributed by atoms with Crippen molar-refractivity contribution in [3.05, 3.63) is 11.4 Å². The predicted molar refractivity (Wildman–Crippen MR) is 72.4 cm³/mol. The second kappa shape index (κ2) is 5.59. The Balaban J connectivity index is 2.84. The van der Waals surface area contributed by atoms with Gasteiger partial charge < -0.3 is 0 Å². The molecule has 0 saturated carbocycles. The normalized spacial score (nSPS) is 12.9. The zero-order valence-electron chi connectivity index (χ0n) is 11.2. The first-order valence-electron chi connectivity index (χ1n) is 5.77. The average molecular weight is 294 g/mol. The van der Waals surface area contributed by atoms with Gasteiger partial charge in [0.1, 0.15) is 4.90 Å². The van der Waals surface area contributed by atoms with E-state index >= 15 is 0 Å². The number of sulfonamides is 1. The molecule has 0 unspecified atom stereocenters. The smallest absolute Gasteiger partial charge is 0.244 e. The molecule has 1 aromatic heterocycles. The lowest BCUT2D eigenvalue weighted by Crippen LogP contribution is -2.34. The highest BCUT2D eigenvalue weighted by atomic mass is 35.5. The van der Waals surface area contributed by atoms with Gasteiger partial charge in [-0.3, -0.25) is 5.10 Å². The van der Waals surface area contributed by atoms with Gasteiger partial charge in [-0.2, -0.15) is 5.10 Å². The molecule has 104 valence electrons. The summed E-state index contributed by atoms with van der Waals surface area (Å²) in [4.78, 5) is 0.240. The summed E-state index contributed by atoms with van der Waals surface area (Å²) in [5.41, 5.74) is 0.866. The van der Waals surface area contributed by atoms with Gasteiger partial charge in [0, 0.05) is 12.4 Å². The van der Waals surface area contributed by atoms with E-state index in [9.17, 15) is 8.42 Å². The zero-order chi connectivity index (χ0) is 14.0. The van der Waals surface area contributed by atoms with Gasteiger partial charge in [-0.25, -0.2) is 13.1 Å². The van der Waals surface area contributed by atoms with E-state index in [-0.39, 0.29) is 10.3 Å². The van der Waals surface area contributed by atoms with Crippen molar-refractivity contribution in [1.82, 2.24) is 14.9 Å². The van der Waals surface area contributed by atoms with E-state index in [4.69, 9.17) is 11.6 Å². The molecule has 0 spiro atoms. The van der Waals surface area contributed by atoms with Crippen molar-refractivity contribution in [1.29, 1.82) is 0 Å². The first-order valence-corrected chi connectivity index (χ1v) is 7.78. The molecule has 0 saturated heterocycles. The maximum atomic E-state index is 12.2. The Labute approximate surface area is 113 Å². The maximum Gasteiger partial charge on any atom is 0.244 e. The lowest BCUT2D eigenvalue weighted by atomic mass is 9.91. The lowest BCUT2D eigenvalue weighted by molar-refractivity contribution is 0.352. The predicted octanol–water partition coefficient (Wildman–Crippen LogP) is 1.96. The first-order chi connectivity index (χ1) is 8.19. The van der Waals surface area contributed by atoms with Crippen molar-refractivity contribution in [2.75, 3.05) is 12.4 Å². The molecule has 0 aliphatic rings. The van der Waals surface area contributed by atoms with Crippen LogP contribution in [0, 0.1) is 19.3 Å². The summed E-state index contributed by atoms with van der Waals surface area (Å²) in [6, 6.07) is 0. The van der Waals surface area contributed by atoms with Crippen molar-refractivity contribution in [2.24, 2.45) is 5.41 Å². The van der Waals surface area contributed by atoms with Crippen molar-refractivity contribution in [2.45, 2.75) is 39.0 Å². The lowest BCUT2D eigenvalue weighted by Gasteiger charge is -2.23. The molecule has 18 heavy (non-hydrogen) atoms. The monoisotopic (exact) mass is 293 g/mol. The minimum atomic E-state index is -3.52. The van der Waals surface area contributed by atoms with Crippen LogP contribution in [0.5, 0.6) is 0 Å². The van der Waals surface area contributed by atoms with Gasteiger partial charge in [0.25, 0.3) is 0 Å². The molecule has 0 radical (unpaired) electrons. The van der Waals surface area contributed by atoms with Gasteiger partial charge in [0.15, 0.2) is 0 Å². The standard InChI is InChI=1S/C11H20ClN3O2S/c1-8-10(9(2)15-14-8)18(16,17)13-7-11(3,4)5-6-12/h13H,5-7H2,1-4H3,(H,14,15). The molecule has 0 aromatic carbocycles. The number of hydrogen-bond donors (Lipinski definition) is 2. The summed E-state index contributed by atoms with van der Waals surface area (Å²) in [7, 11) is -3.52. The number of halogens is 1. The Morgan fingerprint density at radius 2 is 2.00 bits per heavy atom. The molecular weight excluding hydrogens is 274 g/mol. The second-order valence-electron chi connectivity index (χ2n) is 5.19. The number of nitrogens with zero attached hydrogens (tertiary/aromatic N) is 1. The van der Waals surface area contributed by atoms with Crippen LogP contribution in [0.4, 0.5) is 0 Å². The van der Waals surface area contributed by atoms with Crippen LogP contribution in [0.25, 0.3) is 0 Å². The van der Waals surface area contributed by atoms with Crippen molar-refractivity contribution >= 4 is 21.6 Å². The van der Waals surface area contributed by atoms with Crippen LogP contribution < -0.4 is 4.72 Å². The van der Waals surface area contributed by atoms with E-state index in [1.165, 1.54) is 0 Å². The van der Waals surface area contributed by atoms with Crippen LogP contribution in [-0.2, 0) is 10.0 Å². The Morgan fingerprint density at radius 3 is 2.44 bits per heavy atom. The van der Waals surface area contributed by atoms with Crippen molar-refractivity contribution in [3.63, 3.8) is 0 Å². The fourth-order valence-electron chi connectivity index (χ4n) is 1.64. The molecule has 0 fully saturated rings. The second-order valence-corrected chi connectivity index (χ2v) is 7.27. The highest BCUT2D eigenvalue weighted by Crippen LogP contribution is 2.22. The number of aromatic nitrogens is 2. The first kappa shape index (κ1) is 15.5. The van der Waals surface area contributed by atoms with E-state index < -0.39 is 10.0 Å². The zero-order valence-corrected chi connectivity index (χ0v) is 12.7. The third kappa shape index (κ3) is 3.70. The minimum absolute atomic E-state index is 0.166. The fourth-order valence-corrected chi connectivity index (χ4v) is 3.76. The summed E-state index contributed by atoms with van der Waals surface area (Å²) in [6.07, 6.45) is 0.750. The van der Waals surface area contributed by atoms with E-state index in [0.717, 1.165) is 6.42 Å². The summed E-state index contributed by atoms with van der Waals surface area (Å²) in [5.74, 6) is 0.512. The summed E-state index contributed by atoms with van der Waals surface area (Å²) >= 11 is 5.69. The van der Waals surface area contributed by atoms with Crippen LogP contribution in [-0.4, -0.2) is 31.0 Å². The number of alkyl halides is 1. The molecule has 0 atom stereocenters. The molecule has 7 heteroatoms. The molecule has 1 heterocycles. The van der Waals surface area contributed by atoms with Crippen LogP contribution in [0.2, 0.25) is 0 Å². The third-order valence-electron chi connectivity index (χ3n) is 2.84. The molecule has 1 aromatic rings. The molecular formula is C11H20ClN3O2S. The third-order valence-corrected chi connectivity index (χ3v) is 4.69. The average Bonchev–Trinajstić information content (AvgIpc) is 2.56. The van der Waals surface area contributed by atoms with Gasteiger partial charge in [-0.05, 0) is 25.7 Å². The van der Waals surface area contributed by atoms with Gasteiger partial charge in [-0.15, -0.1) is 11.6 Å². The molecule has 0 bridgehead atoms. The van der Waals surface area contributed by atoms with Gasteiger partial charge in [0.2, 0.25) is 10.0 Å². The summed E-state index contributed by atoms with van der Waals surface area (Å²) < 4.78 is 27.0. The summed E-state index contributed by atoms with van der Waals surface area (Å²) in [5, 5.41) is 6.57. The Bertz CT molecular complexity index is 489. The highest BCUT2D eigenvalue weighted by Gasteiger charge is 2.25. The van der Waals surface area contributed by atoms with E-state index in [2.05, 4.69) is 14.9 Å². The molecule has 0 amide bonds. The Hall–Kier alpha value is -0.590. The highest BCUT2D eigenvalue weighted by molar-refractivity contribution is 7.89. The number of hydrogen-bond acceptors (Lipinski definition) is 3. The fraction of sp³-hybridized carbons (Fsp3) is 0.727. The van der Waals surface area contributed by atoms with Crippen molar-refractivity contribution in [3.8, 4) is 0 Å². The quantitative estimate of drug-likeness (QED) is 0.787. The molecule has 5 nitrogen and oxygen atoms in total. The van der Waals surface area contributed by atoms with E-state index in [0.29, 0.717) is 23.8 Å². The molecule has 2 N–H and O–H groups in total. The number of nitrogens with one attached hydrogen (secondary N) is 2.